The van der Waals surface area contributed by atoms with Crippen molar-refractivity contribution in [3.05, 3.63) is 94.1 Å². The van der Waals surface area contributed by atoms with Crippen LogP contribution in [0.15, 0.2) is 54.9 Å². The molecule has 2 aromatic heterocycles. The van der Waals surface area contributed by atoms with Crippen molar-refractivity contribution in [2.75, 3.05) is 13.1 Å². The number of rotatable bonds is 7. The maximum absolute atomic E-state index is 12.9. The zero-order valence-corrected chi connectivity index (χ0v) is 21.5. The van der Waals surface area contributed by atoms with E-state index in [0.29, 0.717) is 24.2 Å². The molecular weight excluding hydrogens is 446 g/mol. The van der Waals surface area contributed by atoms with Crippen LogP contribution in [0.1, 0.15) is 75.7 Å². The van der Waals surface area contributed by atoms with Gasteiger partial charge in [0.15, 0.2) is 0 Å². The van der Waals surface area contributed by atoms with E-state index in [9.17, 15) is 4.79 Å². The second kappa shape index (κ2) is 11.3. The molecule has 2 unspecified atom stereocenters. The molecule has 0 spiro atoms. The molecule has 2 aliphatic rings. The number of hydrogen-bond acceptors (Lipinski definition) is 5. The van der Waals surface area contributed by atoms with Crippen LogP contribution in [0.2, 0.25) is 0 Å². The predicted octanol–water partition coefficient (Wildman–Crippen LogP) is 4.66. The van der Waals surface area contributed by atoms with Gasteiger partial charge in [0.2, 0.25) is 0 Å². The molecule has 6 nitrogen and oxygen atoms in total. The largest absolute Gasteiger partial charge is 0.348 e. The molecular formula is C30H37N5O. The Hall–Kier alpha value is -3.09. The molecule has 0 radical (unpaired) electrons. The van der Waals surface area contributed by atoms with Crippen molar-refractivity contribution >= 4 is 5.91 Å². The third-order valence-corrected chi connectivity index (χ3v) is 7.69. The molecule has 6 heteroatoms. The number of aryl methyl sites for hydroxylation is 3. The summed E-state index contributed by atoms with van der Waals surface area (Å²) < 4.78 is 0. The number of amides is 1. The Morgan fingerprint density at radius 2 is 1.94 bits per heavy atom. The number of piperidine rings is 1. The molecule has 2 N–H and O–H groups in total. The maximum Gasteiger partial charge on any atom is 0.253 e. The highest BCUT2D eigenvalue weighted by molar-refractivity contribution is 5.96. The number of hydrogen-bond donors (Lipinski definition) is 2. The van der Waals surface area contributed by atoms with E-state index in [1.54, 1.807) is 6.20 Å². The molecule has 36 heavy (non-hydrogen) atoms. The fourth-order valence-electron chi connectivity index (χ4n) is 5.88. The van der Waals surface area contributed by atoms with Crippen molar-refractivity contribution in [3.63, 3.8) is 0 Å². The molecule has 5 rings (SSSR count). The van der Waals surface area contributed by atoms with Crippen LogP contribution < -0.4 is 10.6 Å². The van der Waals surface area contributed by atoms with Crippen LogP contribution in [0.4, 0.5) is 0 Å². The highest BCUT2D eigenvalue weighted by atomic mass is 16.1. The monoisotopic (exact) mass is 483 g/mol. The minimum Gasteiger partial charge on any atom is -0.348 e. The Bertz CT molecular complexity index is 1180. The topological polar surface area (TPSA) is 70.2 Å². The molecule has 1 aromatic carbocycles. The molecule has 2 atom stereocenters. The Kier molecular flexibility index (Phi) is 7.73. The van der Waals surface area contributed by atoms with Gasteiger partial charge in [-0.15, -0.1) is 0 Å². The minimum absolute atomic E-state index is 0.0664. The van der Waals surface area contributed by atoms with Gasteiger partial charge in [0.1, 0.15) is 0 Å². The maximum atomic E-state index is 12.9. The molecule has 1 amide bonds. The zero-order chi connectivity index (χ0) is 24.9. The first-order valence-electron chi connectivity index (χ1n) is 13.3. The van der Waals surface area contributed by atoms with Crippen LogP contribution in [0.5, 0.6) is 0 Å². The average Bonchev–Trinajstić information content (AvgIpc) is 2.91. The normalized spacial score (nSPS) is 19.6. The van der Waals surface area contributed by atoms with Crippen molar-refractivity contribution in [2.24, 2.45) is 0 Å². The summed E-state index contributed by atoms with van der Waals surface area (Å²) in [5.41, 5.74) is 7.45. The van der Waals surface area contributed by atoms with E-state index in [1.807, 2.05) is 26.1 Å². The lowest BCUT2D eigenvalue weighted by molar-refractivity contribution is 0.0893. The third-order valence-electron chi connectivity index (χ3n) is 7.69. The summed E-state index contributed by atoms with van der Waals surface area (Å²) in [6, 6.07) is 15.7. The van der Waals surface area contributed by atoms with Crippen molar-refractivity contribution in [2.45, 2.75) is 71.1 Å². The fraction of sp³-hybridized carbons (Fsp3) is 0.433. The first-order chi connectivity index (χ1) is 17.6. The van der Waals surface area contributed by atoms with Crippen LogP contribution in [-0.4, -0.2) is 39.9 Å². The highest BCUT2D eigenvalue weighted by Gasteiger charge is 2.32. The quantitative estimate of drug-likeness (QED) is 0.512. The lowest BCUT2D eigenvalue weighted by atomic mass is 9.88. The van der Waals surface area contributed by atoms with Crippen LogP contribution in [-0.2, 0) is 19.5 Å². The Labute approximate surface area is 214 Å². The van der Waals surface area contributed by atoms with Gasteiger partial charge in [-0.25, -0.2) is 0 Å². The molecule has 3 heterocycles. The summed E-state index contributed by atoms with van der Waals surface area (Å²) in [5.74, 6) is -0.0664. The molecule has 1 aliphatic heterocycles. The van der Waals surface area contributed by atoms with E-state index in [2.05, 4.69) is 56.9 Å². The molecule has 1 fully saturated rings. The average molecular weight is 484 g/mol. The summed E-state index contributed by atoms with van der Waals surface area (Å²) in [6.45, 7) is 7.36. The Balaban J connectivity index is 1.34. The van der Waals surface area contributed by atoms with E-state index >= 15 is 0 Å². The van der Waals surface area contributed by atoms with Crippen molar-refractivity contribution < 1.29 is 4.79 Å². The Morgan fingerprint density at radius 3 is 2.78 bits per heavy atom. The summed E-state index contributed by atoms with van der Waals surface area (Å²) in [5, 5.41) is 6.72. The number of aromatic nitrogens is 2. The standard InChI is InChI=1S/C30H37N5O/c1-21-13-16-32-22(2)28(21)30(36)34-18-23-7-3-8-24(17-23)20-35(26-11-6-14-31-19-26)27-12-4-9-25-10-5-15-33-29(25)27/h3,5,7-8,10,13,15-17,26-27,31H,4,6,9,11-12,14,18-20H2,1-2H3,(H,34,36). The molecule has 1 saturated heterocycles. The molecule has 1 aliphatic carbocycles. The summed E-state index contributed by atoms with van der Waals surface area (Å²) in [6.07, 6.45) is 9.61. The summed E-state index contributed by atoms with van der Waals surface area (Å²) in [4.78, 5) is 24.7. The summed E-state index contributed by atoms with van der Waals surface area (Å²) in [7, 11) is 0. The van der Waals surface area contributed by atoms with E-state index in [-0.39, 0.29) is 5.91 Å². The number of nitrogens with one attached hydrogen (secondary N) is 2. The predicted molar refractivity (Wildman–Crippen MR) is 143 cm³/mol. The number of pyridine rings is 2. The smallest absolute Gasteiger partial charge is 0.253 e. The zero-order valence-electron chi connectivity index (χ0n) is 21.5. The van der Waals surface area contributed by atoms with E-state index in [1.165, 1.54) is 36.1 Å². The number of benzene rings is 1. The van der Waals surface area contributed by atoms with Gasteiger partial charge < -0.3 is 10.6 Å². The number of carbonyl (C=O) groups excluding carboxylic acids is 1. The third kappa shape index (κ3) is 5.50. The number of nitrogens with zero attached hydrogens (tertiary/aromatic N) is 3. The first-order valence-corrected chi connectivity index (χ1v) is 13.3. The van der Waals surface area contributed by atoms with Crippen LogP contribution >= 0.6 is 0 Å². The fourth-order valence-corrected chi connectivity index (χ4v) is 5.88. The minimum atomic E-state index is -0.0664. The second-order valence-electron chi connectivity index (χ2n) is 10.2. The number of carbonyl (C=O) groups is 1. The van der Waals surface area contributed by atoms with Gasteiger partial charge in [-0.1, -0.05) is 30.3 Å². The van der Waals surface area contributed by atoms with E-state index in [4.69, 9.17) is 4.98 Å². The SMILES string of the molecule is Cc1ccnc(C)c1C(=O)NCc1cccc(CN(C2CCCNC2)C2CCCc3cccnc32)c1. The van der Waals surface area contributed by atoms with Crippen LogP contribution in [0.25, 0.3) is 0 Å². The number of fused-ring (bicyclic) bond motifs is 1. The second-order valence-corrected chi connectivity index (χ2v) is 10.2. The van der Waals surface area contributed by atoms with Gasteiger partial charge in [-0.3, -0.25) is 19.7 Å². The Morgan fingerprint density at radius 1 is 1.06 bits per heavy atom. The van der Waals surface area contributed by atoms with Gasteiger partial charge in [-0.05, 0) is 86.9 Å². The van der Waals surface area contributed by atoms with Crippen molar-refractivity contribution in [1.82, 2.24) is 25.5 Å². The van der Waals surface area contributed by atoms with Crippen LogP contribution in [0, 0.1) is 13.8 Å². The first kappa shape index (κ1) is 24.6. The van der Waals surface area contributed by atoms with Gasteiger partial charge in [0.25, 0.3) is 5.91 Å². The lowest BCUT2D eigenvalue weighted by Crippen LogP contribution is -2.48. The highest BCUT2D eigenvalue weighted by Crippen LogP contribution is 2.36. The van der Waals surface area contributed by atoms with Crippen LogP contribution in [0.3, 0.4) is 0 Å². The van der Waals surface area contributed by atoms with Gasteiger partial charge in [-0.2, -0.15) is 0 Å². The van der Waals surface area contributed by atoms with Crippen molar-refractivity contribution in [3.8, 4) is 0 Å². The van der Waals surface area contributed by atoms with E-state index in [0.717, 1.165) is 49.3 Å². The summed E-state index contributed by atoms with van der Waals surface area (Å²) >= 11 is 0. The van der Waals surface area contributed by atoms with E-state index < -0.39 is 0 Å². The van der Waals surface area contributed by atoms with Gasteiger partial charge in [0, 0.05) is 38.1 Å². The molecule has 0 bridgehead atoms. The van der Waals surface area contributed by atoms with Gasteiger partial charge in [0.05, 0.1) is 23.0 Å². The molecule has 0 saturated carbocycles. The van der Waals surface area contributed by atoms with Crippen molar-refractivity contribution in [1.29, 1.82) is 0 Å². The molecule has 3 aromatic rings. The molecule has 188 valence electrons. The lowest BCUT2D eigenvalue weighted by Gasteiger charge is -2.42. The van der Waals surface area contributed by atoms with Gasteiger partial charge >= 0.3 is 0 Å².